The summed E-state index contributed by atoms with van der Waals surface area (Å²) in [5.74, 6) is 2.17. The minimum atomic E-state index is 0.646. The lowest BCUT2D eigenvalue weighted by Crippen LogP contribution is -2.03. The van der Waals surface area contributed by atoms with E-state index in [1.165, 1.54) is 0 Å². The van der Waals surface area contributed by atoms with E-state index < -0.39 is 0 Å². The first-order valence-electron chi connectivity index (χ1n) is 6.18. The maximum atomic E-state index is 5.40. The van der Waals surface area contributed by atoms with E-state index in [-0.39, 0.29) is 0 Å². The molecule has 0 fully saturated rings. The Bertz CT molecular complexity index is 607. The standard InChI is InChI=1S/C14H15Br2N3O/c1-4-10-12(16)14(17-2)19-13(18-10)9-7-8(15)5-6-11(9)20-3/h5-7H,4H2,1-3H3,(H,17,18,19). The Morgan fingerprint density at radius 3 is 2.60 bits per heavy atom. The molecule has 0 aliphatic carbocycles. The number of hydrogen-bond donors (Lipinski definition) is 1. The summed E-state index contributed by atoms with van der Waals surface area (Å²) in [5.41, 5.74) is 1.82. The first-order chi connectivity index (χ1) is 9.60. The number of benzene rings is 1. The summed E-state index contributed by atoms with van der Waals surface area (Å²) >= 11 is 7.00. The van der Waals surface area contributed by atoms with Gasteiger partial charge >= 0.3 is 0 Å². The van der Waals surface area contributed by atoms with Crippen LogP contribution in [0.2, 0.25) is 0 Å². The van der Waals surface area contributed by atoms with Crippen LogP contribution < -0.4 is 10.1 Å². The maximum Gasteiger partial charge on any atom is 0.165 e. The van der Waals surface area contributed by atoms with Gasteiger partial charge in [0.25, 0.3) is 0 Å². The highest BCUT2D eigenvalue weighted by Crippen LogP contribution is 2.33. The summed E-state index contributed by atoms with van der Waals surface area (Å²) in [6.45, 7) is 2.06. The van der Waals surface area contributed by atoms with Crippen LogP contribution in [0.25, 0.3) is 11.4 Å². The van der Waals surface area contributed by atoms with Crippen LogP contribution >= 0.6 is 31.9 Å². The molecule has 1 aromatic heterocycles. The molecule has 106 valence electrons. The number of aromatic nitrogens is 2. The fourth-order valence-corrected chi connectivity index (χ4v) is 2.89. The van der Waals surface area contributed by atoms with Gasteiger partial charge < -0.3 is 10.1 Å². The Kier molecular flexibility index (Phi) is 4.99. The average molecular weight is 401 g/mol. The third kappa shape index (κ3) is 2.96. The molecule has 4 nitrogen and oxygen atoms in total. The molecular weight excluding hydrogens is 386 g/mol. The lowest BCUT2D eigenvalue weighted by Gasteiger charge is -2.12. The lowest BCUT2D eigenvalue weighted by atomic mass is 10.1. The topological polar surface area (TPSA) is 47.0 Å². The van der Waals surface area contributed by atoms with E-state index >= 15 is 0 Å². The zero-order chi connectivity index (χ0) is 14.7. The molecule has 0 aliphatic heterocycles. The minimum Gasteiger partial charge on any atom is -0.496 e. The molecule has 0 saturated carbocycles. The fourth-order valence-electron chi connectivity index (χ4n) is 1.87. The van der Waals surface area contributed by atoms with Gasteiger partial charge in [0.05, 0.1) is 22.8 Å². The number of nitrogens with one attached hydrogen (secondary N) is 1. The number of aryl methyl sites for hydroxylation is 1. The molecule has 0 bridgehead atoms. The second-order valence-corrected chi connectivity index (χ2v) is 5.81. The van der Waals surface area contributed by atoms with Gasteiger partial charge in [-0.25, -0.2) is 9.97 Å². The van der Waals surface area contributed by atoms with Crippen molar-refractivity contribution in [3.63, 3.8) is 0 Å². The predicted octanol–water partition coefficient (Wildman–Crippen LogP) is 4.28. The number of rotatable bonds is 4. The highest BCUT2D eigenvalue weighted by molar-refractivity contribution is 9.11. The molecule has 1 N–H and O–H groups in total. The van der Waals surface area contributed by atoms with Crippen LogP contribution in [0, 0.1) is 0 Å². The lowest BCUT2D eigenvalue weighted by molar-refractivity contribution is 0.416. The van der Waals surface area contributed by atoms with Crippen LogP contribution in [-0.4, -0.2) is 24.1 Å². The van der Waals surface area contributed by atoms with Crippen LogP contribution in [0.4, 0.5) is 5.82 Å². The van der Waals surface area contributed by atoms with Gasteiger partial charge in [0, 0.05) is 11.5 Å². The molecule has 0 unspecified atom stereocenters. The Labute approximate surface area is 135 Å². The Hall–Kier alpha value is -1.14. The summed E-state index contributed by atoms with van der Waals surface area (Å²) in [6, 6.07) is 5.79. The molecular formula is C14H15Br2N3O. The van der Waals surface area contributed by atoms with Gasteiger partial charge in [0.1, 0.15) is 11.6 Å². The number of anilines is 1. The van der Waals surface area contributed by atoms with Crippen molar-refractivity contribution < 1.29 is 4.74 Å². The third-order valence-electron chi connectivity index (χ3n) is 2.89. The second kappa shape index (κ2) is 6.54. The number of hydrogen-bond acceptors (Lipinski definition) is 4. The number of ether oxygens (including phenoxy) is 1. The van der Waals surface area contributed by atoms with E-state index in [4.69, 9.17) is 4.74 Å². The molecule has 20 heavy (non-hydrogen) atoms. The summed E-state index contributed by atoms with van der Waals surface area (Å²) in [5, 5.41) is 3.08. The quantitative estimate of drug-likeness (QED) is 0.831. The van der Waals surface area contributed by atoms with Gasteiger partial charge in [-0.05, 0) is 40.5 Å². The van der Waals surface area contributed by atoms with Crippen LogP contribution in [0.5, 0.6) is 5.75 Å². The molecule has 0 amide bonds. The van der Waals surface area contributed by atoms with E-state index in [2.05, 4.69) is 54.1 Å². The molecule has 6 heteroatoms. The van der Waals surface area contributed by atoms with Gasteiger partial charge in [0.15, 0.2) is 5.82 Å². The number of halogens is 2. The monoisotopic (exact) mass is 399 g/mol. The van der Waals surface area contributed by atoms with Crippen LogP contribution in [0.15, 0.2) is 27.1 Å². The summed E-state index contributed by atoms with van der Waals surface area (Å²) in [4.78, 5) is 9.17. The molecule has 0 saturated heterocycles. The molecule has 2 aromatic rings. The first-order valence-corrected chi connectivity index (χ1v) is 7.77. The summed E-state index contributed by atoms with van der Waals surface area (Å²) in [6.07, 6.45) is 0.821. The van der Waals surface area contributed by atoms with Crippen molar-refractivity contribution in [3.8, 4) is 17.1 Å². The Morgan fingerprint density at radius 1 is 1.25 bits per heavy atom. The molecule has 0 aliphatic rings. The van der Waals surface area contributed by atoms with E-state index in [0.717, 1.165) is 38.2 Å². The minimum absolute atomic E-state index is 0.646. The highest BCUT2D eigenvalue weighted by atomic mass is 79.9. The van der Waals surface area contributed by atoms with Gasteiger partial charge in [-0.1, -0.05) is 22.9 Å². The summed E-state index contributed by atoms with van der Waals surface area (Å²) < 4.78 is 7.26. The van der Waals surface area contributed by atoms with Crippen molar-refractivity contribution >= 4 is 37.7 Å². The van der Waals surface area contributed by atoms with Crippen LogP contribution in [-0.2, 0) is 6.42 Å². The Balaban J connectivity index is 2.66. The van der Waals surface area contributed by atoms with E-state index in [1.807, 2.05) is 25.2 Å². The zero-order valence-corrected chi connectivity index (χ0v) is 14.7. The zero-order valence-electron chi connectivity index (χ0n) is 11.5. The Morgan fingerprint density at radius 2 is 2.00 bits per heavy atom. The van der Waals surface area contributed by atoms with Crippen molar-refractivity contribution in [2.75, 3.05) is 19.5 Å². The van der Waals surface area contributed by atoms with Gasteiger partial charge in [-0.15, -0.1) is 0 Å². The number of methoxy groups -OCH3 is 1. The van der Waals surface area contributed by atoms with Crippen molar-refractivity contribution in [1.29, 1.82) is 0 Å². The SMILES string of the molecule is CCc1nc(-c2cc(Br)ccc2OC)nc(NC)c1Br. The van der Waals surface area contributed by atoms with Gasteiger partial charge in [-0.2, -0.15) is 0 Å². The van der Waals surface area contributed by atoms with Gasteiger partial charge in [0.2, 0.25) is 0 Å². The number of nitrogens with zero attached hydrogens (tertiary/aromatic N) is 2. The first kappa shape index (κ1) is 15.3. The molecule has 0 atom stereocenters. The normalized spacial score (nSPS) is 10.4. The van der Waals surface area contributed by atoms with Crippen molar-refractivity contribution in [2.24, 2.45) is 0 Å². The largest absolute Gasteiger partial charge is 0.496 e. The highest BCUT2D eigenvalue weighted by Gasteiger charge is 2.15. The van der Waals surface area contributed by atoms with Gasteiger partial charge in [-0.3, -0.25) is 0 Å². The second-order valence-electron chi connectivity index (χ2n) is 4.10. The molecule has 1 aromatic carbocycles. The molecule has 0 spiro atoms. The third-order valence-corrected chi connectivity index (χ3v) is 4.22. The molecule has 1 heterocycles. The maximum absolute atomic E-state index is 5.40. The summed E-state index contributed by atoms with van der Waals surface area (Å²) in [7, 11) is 3.49. The molecule has 0 radical (unpaired) electrons. The molecule has 2 rings (SSSR count). The predicted molar refractivity (Wildman–Crippen MR) is 88.3 cm³/mol. The smallest absolute Gasteiger partial charge is 0.165 e. The van der Waals surface area contributed by atoms with E-state index in [0.29, 0.717) is 5.82 Å². The van der Waals surface area contributed by atoms with Crippen molar-refractivity contribution in [2.45, 2.75) is 13.3 Å². The fraction of sp³-hybridized carbons (Fsp3) is 0.286. The van der Waals surface area contributed by atoms with Crippen molar-refractivity contribution in [1.82, 2.24) is 9.97 Å². The van der Waals surface area contributed by atoms with Crippen LogP contribution in [0.3, 0.4) is 0 Å². The van der Waals surface area contributed by atoms with Crippen LogP contribution in [0.1, 0.15) is 12.6 Å². The van der Waals surface area contributed by atoms with Crippen molar-refractivity contribution in [3.05, 3.63) is 32.8 Å². The average Bonchev–Trinajstić information content (AvgIpc) is 2.47. The van der Waals surface area contributed by atoms with E-state index in [1.54, 1.807) is 7.11 Å². The van der Waals surface area contributed by atoms with E-state index in [9.17, 15) is 0 Å².